The van der Waals surface area contributed by atoms with E-state index < -0.39 is 5.97 Å². The summed E-state index contributed by atoms with van der Waals surface area (Å²) in [5.74, 6) is -0.690. The molecule has 0 bridgehead atoms. The molecule has 2 aromatic rings. The van der Waals surface area contributed by atoms with Gasteiger partial charge in [0.25, 0.3) is 0 Å². The van der Waals surface area contributed by atoms with Crippen LogP contribution in [0, 0.1) is 0 Å². The molecule has 0 amide bonds. The van der Waals surface area contributed by atoms with Gasteiger partial charge in [-0.3, -0.25) is 9.59 Å². The lowest BCUT2D eigenvalue weighted by Crippen LogP contribution is -2.11. The van der Waals surface area contributed by atoms with Gasteiger partial charge in [0.05, 0.1) is 6.61 Å². The Bertz CT molecular complexity index is 556. The number of hydrogen-bond donors (Lipinski definition) is 0. The average Bonchev–Trinajstić information content (AvgIpc) is 2.93. The minimum absolute atomic E-state index is 0.203. The van der Waals surface area contributed by atoms with Crippen molar-refractivity contribution >= 4 is 23.1 Å². The molecule has 0 unspecified atom stereocenters. The zero-order chi connectivity index (χ0) is 13.7. The van der Waals surface area contributed by atoms with Gasteiger partial charge in [0.2, 0.25) is 0 Å². The van der Waals surface area contributed by atoms with Crippen LogP contribution >= 0.6 is 11.3 Å². The molecule has 0 N–H and O–H groups in total. The van der Waals surface area contributed by atoms with Crippen molar-refractivity contribution in [3.63, 3.8) is 0 Å². The van der Waals surface area contributed by atoms with Crippen molar-refractivity contribution in [2.45, 2.75) is 13.3 Å². The molecule has 0 saturated heterocycles. The summed E-state index contributed by atoms with van der Waals surface area (Å²) in [5.41, 5.74) is 2.73. The smallest absolute Gasteiger partial charge is 0.313 e. The summed E-state index contributed by atoms with van der Waals surface area (Å²) in [6.07, 6.45) is -0.203. The first-order chi connectivity index (χ1) is 9.20. The van der Waals surface area contributed by atoms with Crippen molar-refractivity contribution in [1.29, 1.82) is 0 Å². The number of carbonyl (C=O) groups is 2. The number of rotatable bonds is 5. The van der Waals surface area contributed by atoms with Crippen molar-refractivity contribution < 1.29 is 14.3 Å². The Morgan fingerprint density at radius 1 is 1.11 bits per heavy atom. The molecule has 0 saturated carbocycles. The number of ketones is 1. The molecule has 3 nitrogen and oxygen atoms in total. The molecule has 2 rings (SSSR count). The summed E-state index contributed by atoms with van der Waals surface area (Å²) in [6, 6.07) is 9.30. The molecule has 4 heteroatoms. The van der Waals surface area contributed by atoms with E-state index in [1.54, 1.807) is 30.4 Å². The van der Waals surface area contributed by atoms with Gasteiger partial charge in [0, 0.05) is 5.56 Å². The molecule has 1 aromatic heterocycles. The van der Waals surface area contributed by atoms with E-state index in [1.807, 2.05) is 23.6 Å². The van der Waals surface area contributed by atoms with Crippen LogP contribution in [0.5, 0.6) is 0 Å². The van der Waals surface area contributed by atoms with Crippen molar-refractivity contribution in [3.05, 3.63) is 46.7 Å². The molecule has 1 heterocycles. The third kappa shape index (κ3) is 3.51. The normalized spacial score (nSPS) is 10.2. The Morgan fingerprint density at radius 2 is 1.84 bits per heavy atom. The van der Waals surface area contributed by atoms with Gasteiger partial charge in [-0.2, -0.15) is 11.3 Å². The van der Waals surface area contributed by atoms with Gasteiger partial charge in [0.1, 0.15) is 6.42 Å². The summed E-state index contributed by atoms with van der Waals surface area (Å²) < 4.78 is 4.76. The Labute approximate surface area is 115 Å². The van der Waals surface area contributed by atoms with Gasteiger partial charge < -0.3 is 4.74 Å². The fraction of sp³-hybridized carbons (Fsp3) is 0.200. The fourth-order valence-electron chi connectivity index (χ4n) is 1.72. The SMILES string of the molecule is CCOC(=O)CC(=O)c1ccc(-c2ccsc2)cc1. The highest BCUT2D eigenvalue weighted by atomic mass is 32.1. The van der Waals surface area contributed by atoms with Crippen LogP contribution in [0.3, 0.4) is 0 Å². The predicted octanol–water partition coefficient (Wildman–Crippen LogP) is 3.55. The third-order valence-electron chi connectivity index (χ3n) is 2.67. The maximum Gasteiger partial charge on any atom is 0.313 e. The molecule has 0 aliphatic heterocycles. The van der Waals surface area contributed by atoms with E-state index in [2.05, 4.69) is 5.38 Å². The van der Waals surface area contributed by atoms with E-state index in [0.717, 1.165) is 11.1 Å². The number of esters is 1. The van der Waals surface area contributed by atoms with E-state index in [1.165, 1.54) is 0 Å². The van der Waals surface area contributed by atoms with Crippen LogP contribution in [-0.4, -0.2) is 18.4 Å². The molecule has 0 atom stereocenters. The Hall–Kier alpha value is -1.94. The van der Waals surface area contributed by atoms with Gasteiger partial charge in [-0.25, -0.2) is 0 Å². The van der Waals surface area contributed by atoms with Crippen LogP contribution in [0.25, 0.3) is 11.1 Å². The van der Waals surface area contributed by atoms with Crippen molar-refractivity contribution in [2.75, 3.05) is 6.61 Å². The number of thiophene rings is 1. The van der Waals surface area contributed by atoms with Gasteiger partial charge in [0.15, 0.2) is 5.78 Å². The molecule has 0 radical (unpaired) electrons. The highest BCUT2D eigenvalue weighted by Gasteiger charge is 2.12. The highest BCUT2D eigenvalue weighted by molar-refractivity contribution is 7.08. The van der Waals surface area contributed by atoms with Crippen LogP contribution < -0.4 is 0 Å². The average molecular weight is 274 g/mol. The lowest BCUT2D eigenvalue weighted by molar-refractivity contribution is -0.141. The van der Waals surface area contributed by atoms with E-state index >= 15 is 0 Å². The Morgan fingerprint density at radius 3 is 2.42 bits per heavy atom. The maximum absolute atomic E-state index is 11.8. The lowest BCUT2D eigenvalue weighted by Gasteiger charge is -2.03. The highest BCUT2D eigenvalue weighted by Crippen LogP contribution is 2.22. The zero-order valence-electron chi connectivity index (χ0n) is 10.6. The van der Waals surface area contributed by atoms with Gasteiger partial charge in [-0.05, 0) is 34.9 Å². The van der Waals surface area contributed by atoms with Crippen LogP contribution in [-0.2, 0) is 9.53 Å². The molecular weight excluding hydrogens is 260 g/mol. The number of ether oxygens (including phenoxy) is 1. The van der Waals surface area contributed by atoms with Crippen LogP contribution in [0.1, 0.15) is 23.7 Å². The first-order valence-corrected chi connectivity index (χ1v) is 6.96. The second-order valence-electron chi connectivity index (χ2n) is 3.99. The number of benzene rings is 1. The second kappa shape index (κ2) is 6.29. The summed E-state index contributed by atoms with van der Waals surface area (Å²) >= 11 is 1.63. The minimum Gasteiger partial charge on any atom is -0.466 e. The molecular formula is C15H14O3S. The molecule has 0 aliphatic rings. The van der Waals surface area contributed by atoms with Crippen molar-refractivity contribution in [3.8, 4) is 11.1 Å². The first kappa shape index (κ1) is 13.5. The minimum atomic E-state index is -0.477. The third-order valence-corrected chi connectivity index (χ3v) is 3.35. The Balaban J connectivity index is 2.06. The monoisotopic (exact) mass is 274 g/mol. The van der Waals surface area contributed by atoms with E-state index in [4.69, 9.17) is 4.74 Å². The number of Topliss-reactive ketones (excluding diaryl/α,β-unsaturated/α-hetero) is 1. The molecule has 0 spiro atoms. The van der Waals surface area contributed by atoms with Crippen molar-refractivity contribution in [1.82, 2.24) is 0 Å². The number of hydrogen-bond acceptors (Lipinski definition) is 4. The van der Waals surface area contributed by atoms with E-state index in [9.17, 15) is 9.59 Å². The van der Waals surface area contributed by atoms with Crippen LogP contribution in [0.4, 0.5) is 0 Å². The first-order valence-electron chi connectivity index (χ1n) is 6.02. The van der Waals surface area contributed by atoms with E-state index in [-0.39, 0.29) is 12.2 Å². The molecule has 19 heavy (non-hydrogen) atoms. The second-order valence-corrected chi connectivity index (χ2v) is 4.77. The lowest BCUT2D eigenvalue weighted by atomic mass is 10.0. The maximum atomic E-state index is 11.8. The zero-order valence-corrected chi connectivity index (χ0v) is 11.4. The summed E-state index contributed by atoms with van der Waals surface area (Å²) in [7, 11) is 0. The standard InChI is InChI=1S/C15H14O3S/c1-2-18-15(17)9-14(16)12-5-3-11(4-6-12)13-7-8-19-10-13/h3-8,10H,2,9H2,1H3. The summed E-state index contributed by atoms with van der Waals surface area (Å²) in [6.45, 7) is 2.02. The quantitative estimate of drug-likeness (QED) is 0.476. The number of carbonyl (C=O) groups excluding carboxylic acids is 2. The van der Waals surface area contributed by atoms with E-state index in [0.29, 0.717) is 12.2 Å². The fourth-order valence-corrected chi connectivity index (χ4v) is 2.39. The van der Waals surface area contributed by atoms with Crippen LogP contribution in [0.2, 0.25) is 0 Å². The van der Waals surface area contributed by atoms with Crippen LogP contribution in [0.15, 0.2) is 41.1 Å². The van der Waals surface area contributed by atoms with Gasteiger partial charge >= 0.3 is 5.97 Å². The molecule has 0 fully saturated rings. The summed E-state index contributed by atoms with van der Waals surface area (Å²) in [4.78, 5) is 23.1. The largest absolute Gasteiger partial charge is 0.466 e. The topological polar surface area (TPSA) is 43.4 Å². The molecule has 0 aliphatic carbocycles. The predicted molar refractivity (Wildman–Crippen MR) is 75.3 cm³/mol. The van der Waals surface area contributed by atoms with Crippen molar-refractivity contribution in [2.24, 2.45) is 0 Å². The summed E-state index contributed by atoms with van der Waals surface area (Å²) in [5, 5.41) is 4.06. The molecule has 98 valence electrons. The molecule has 1 aromatic carbocycles. The van der Waals surface area contributed by atoms with Gasteiger partial charge in [-0.15, -0.1) is 0 Å². The van der Waals surface area contributed by atoms with Gasteiger partial charge in [-0.1, -0.05) is 24.3 Å². The Kier molecular flexibility index (Phi) is 4.47.